The van der Waals surface area contributed by atoms with E-state index in [4.69, 9.17) is 0 Å². The van der Waals surface area contributed by atoms with Crippen LogP contribution in [0.3, 0.4) is 0 Å². The van der Waals surface area contributed by atoms with Gasteiger partial charge in [-0.05, 0) is 61.8 Å². The monoisotopic (exact) mass is 216 g/mol. The lowest BCUT2D eigenvalue weighted by molar-refractivity contribution is -0.104. The predicted octanol–water partition coefficient (Wildman–Crippen LogP) is 2.56. The SMILES string of the molecule is Cc1cc2c(c(C(=O)C=O)c1C)CCCC2. The molecule has 0 amide bonds. The molecule has 0 unspecified atom stereocenters. The van der Waals surface area contributed by atoms with E-state index in [-0.39, 0.29) is 5.78 Å². The fourth-order valence-electron chi connectivity index (χ4n) is 2.56. The van der Waals surface area contributed by atoms with Gasteiger partial charge in [0.05, 0.1) is 0 Å². The van der Waals surface area contributed by atoms with Crippen molar-refractivity contribution < 1.29 is 9.59 Å². The largest absolute Gasteiger partial charge is 0.294 e. The average molecular weight is 216 g/mol. The first-order chi connectivity index (χ1) is 7.65. The highest BCUT2D eigenvalue weighted by atomic mass is 16.2. The van der Waals surface area contributed by atoms with Gasteiger partial charge >= 0.3 is 0 Å². The van der Waals surface area contributed by atoms with E-state index in [0.717, 1.165) is 36.0 Å². The molecule has 0 fully saturated rings. The summed E-state index contributed by atoms with van der Waals surface area (Å²) in [5.74, 6) is -0.362. The molecule has 0 N–H and O–H groups in total. The molecule has 1 aliphatic rings. The Kier molecular flexibility index (Phi) is 2.90. The highest BCUT2D eigenvalue weighted by Gasteiger charge is 2.20. The first-order valence-electron chi connectivity index (χ1n) is 5.76. The van der Waals surface area contributed by atoms with Crippen LogP contribution in [0.25, 0.3) is 0 Å². The van der Waals surface area contributed by atoms with Gasteiger partial charge < -0.3 is 0 Å². The lowest BCUT2D eigenvalue weighted by Crippen LogP contribution is -2.14. The molecule has 1 aliphatic carbocycles. The first-order valence-corrected chi connectivity index (χ1v) is 5.76. The fourth-order valence-corrected chi connectivity index (χ4v) is 2.56. The van der Waals surface area contributed by atoms with Crippen molar-refractivity contribution in [2.24, 2.45) is 0 Å². The van der Waals surface area contributed by atoms with Crippen LogP contribution in [0.15, 0.2) is 6.07 Å². The standard InChI is InChI=1S/C14H16O2/c1-9-7-11-5-3-4-6-12(11)14(10(9)2)13(16)8-15/h7-8H,3-6H2,1-2H3. The minimum absolute atomic E-state index is 0.362. The van der Waals surface area contributed by atoms with Gasteiger partial charge in [0.1, 0.15) is 0 Å². The van der Waals surface area contributed by atoms with Crippen LogP contribution in [-0.2, 0) is 17.6 Å². The van der Waals surface area contributed by atoms with Crippen molar-refractivity contribution in [1.82, 2.24) is 0 Å². The van der Waals surface area contributed by atoms with Crippen LogP contribution >= 0.6 is 0 Å². The summed E-state index contributed by atoms with van der Waals surface area (Å²) in [6, 6.07) is 2.17. The van der Waals surface area contributed by atoms with Crippen molar-refractivity contribution in [3.63, 3.8) is 0 Å². The minimum Gasteiger partial charge on any atom is -0.294 e. The number of hydrogen-bond donors (Lipinski definition) is 0. The van der Waals surface area contributed by atoms with E-state index in [1.807, 2.05) is 13.8 Å². The Balaban J connectivity index is 2.68. The van der Waals surface area contributed by atoms with Gasteiger partial charge in [0.25, 0.3) is 0 Å². The smallest absolute Gasteiger partial charge is 0.225 e. The van der Waals surface area contributed by atoms with Gasteiger partial charge in [-0.25, -0.2) is 0 Å². The normalized spacial score (nSPS) is 14.4. The molecule has 0 saturated heterocycles. The van der Waals surface area contributed by atoms with Crippen LogP contribution in [-0.4, -0.2) is 12.1 Å². The molecule has 0 atom stereocenters. The molecular weight excluding hydrogens is 200 g/mol. The van der Waals surface area contributed by atoms with Crippen LogP contribution in [0.2, 0.25) is 0 Å². The maximum absolute atomic E-state index is 11.7. The number of Topliss-reactive ketones (excluding diaryl/α,β-unsaturated/α-hetero) is 1. The topological polar surface area (TPSA) is 34.1 Å². The van der Waals surface area contributed by atoms with Crippen LogP contribution < -0.4 is 0 Å². The van der Waals surface area contributed by atoms with Gasteiger partial charge in [-0.3, -0.25) is 9.59 Å². The third-order valence-electron chi connectivity index (χ3n) is 3.52. The number of rotatable bonds is 2. The molecule has 0 spiro atoms. The van der Waals surface area contributed by atoms with E-state index in [1.54, 1.807) is 0 Å². The summed E-state index contributed by atoms with van der Waals surface area (Å²) in [6.07, 6.45) is 4.72. The Bertz CT molecular complexity index is 458. The molecule has 2 nitrogen and oxygen atoms in total. The number of hydrogen-bond acceptors (Lipinski definition) is 2. The molecule has 84 valence electrons. The van der Waals surface area contributed by atoms with Crippen LogP contribution in [0.5, 0.6) is 0 Å². The van der Waals surface area contributed by atoms with E-state index in [0.29, 0.717) is 11.8 Å². The Morgan fingerprint density at radius 1 is 1.25 bits per heavy atom. The molecular formula is C14H16O2. The number of aldehydes is 1. The predicted molar refractivity (Wildman–Crippen MR) is 63.0 cm³/mol. The molecule has 0 bridgehead atoms. The number of ketones is 1. The maximum atomic E-state index is 11.7. The second-order valence-electron chi connectivity index (χ2n) is 4.52. The van der Waals surface area contributed by atoms with Crippen LogP contribution in [0, 0.1) is 13.8 Å². The maximum Gasteiger partial charge on any atom is 0.225 e. The Morgan fingerprint density at radius 2 is 1.94 bits per heavy atom. The molecule has 2 rings (SSSR count). The second kappa shape index (κ2) is 4.20. The zero-order chi connectivity index (χ0) is 11.7. The van der Waals surface area contributed by atoms with Crippen molar-refractivity contribution in [3.8, 4) is 0 Å². The molecule has 16 heavy (non-hydrogen) atoms. The van der Waals surface area contributed by atoms with Crippen molar-refractivity contribution in [2.45, 2.75) is 39.5 Å². The number of aryl methyl sites for hydroxylation is 2. The zero-order valence-electron chi connectivity index (χ0n) is 9.80. The van der Waals surface area contributed by atoms with Gasteiger partial charge in [0.2, 0.25) is 5.78 Å². The number of carbonyl (C=O) groups is 2. The highest BCUT2D eigenvalue weighted by Crippen LogP contribution is 2.29. The molecule has 0 aromatic heterocycles. The summed E-state index contributed by atoms with van der Waals surface area (Å²) < 4.78 is 0. The average Bonchev–Trinajstić information content (AvgIpc) is 2.30. The zero-order valence-corrected chi connectivity index (χ0v) is 9.80. The Morgan fingerprint density at radius 3 is 2.62 bits per heavy atom. The summed E-state index contributed by atoms with van der Waals surface area (Å²) in [4.78, 5) is 22.4. The lowest BCUT2D eigenvalue weighted by Gasteiger charge is -2.21. The van der Waals surface area contributed by atoms with Crippen LogP contribution in [0.1, 0.15) is 45.5 Å². The molecule has 1 aromatic carbocycles. The summed E-state index contributed by atoms with van der Waals surface area (Å²) in [6.45, 7) is 3.94. The van der Waals surface area contributed by atoms with Gasteiger partial charge in [0, 0.05) is 5.56 Å². The molecule has 0 saturated carbocycles. The van der Waals surface area contributed by atoms with Crippen molar-refractivity contribution >= 4 is 12.1 Å². The number of carbonyl (C=O) groups excluding carboxylic acids is 2. The van der Waals surface area contributed by atoms with Crippen molar-refractivity contribution in [3.05, 3.63) is 33.9 Å². The molecule has 0 aliphatic heterocycles. The quantitative estimate of drug-likeness (QED) is 0.432. The summed E-state index contributed by atoms with van der Waals surface area (Å²) in [5, 5.41) is 0. The number of fused-ring (bicyclic) bond motifs is 1. The van der Waals surface area contributed by atoms with Crippen molar-refractivity contribution in [1.29, 1.82) is 0 Å². The van der Waals surface area contributed by atoms with Crippen LogP contribution in [0.4, 0.5) is 0 Å². The molecule has 0 radical (unpaired) electrons. The van der Waals surface area contributed by atoms with Gasteiger partial charge in [-0.15, -0.1) is 0 Å². The second-order valence-corrected chi connectivity index (χ2v) is 4.52. The van der Waals surface area contributed by atoms with E-state index in [1.165, 1.54) is 12.0 Å². The molecule has 2 heteroatoms. The summed E-state index contributed by atoms with van der Waals surface area (Å²) >= 11 is 0. The Labute approximate surface area is 95.7 Å². The fraction of sp³-hybridized carbons (Fsp3) is 0.429. The van der Waals surface area contributed by atoms with Gasteiger partial charge in [0.15, 0.2) is 6.29 Å². The molecule has 0 heterocycles. The van der Waals surface area contributed by atoms with Crippen molar-refractivity contribution in [2.75, 3.05) is 0 Å². The van der Waals surface area contributed by atoms with E-state index in [2.05, 4.69) is 6.07 Å². The summed E-state index contributed by atoms with van der Waals surface area (Å²) in [5.41, 5.74) is 5.14. The van der Waals surface area contributed by atoms with E-state index < -0.39 is 0 Å². The van der Waals surface area contributed by atoms with Gasteiger partial charge in [-0.2, -0.15) is 0 Å². The minimum atomic E-state index is -0.362. The lowest BCUT2D eigenvalue weighted by atomic mass is 9.83. The van der Waals surface area contributed by atoms with E-state index >= 15 is 0 Å². The molecule has 1 aromatic rings. The third kappa shape index (κ3) is 1.69. The first kappa shape index (κ1) is 11.1. The highest BCUT2D eigenvalue weighted by molar-refractivity contribution is 6.34. The Hall–Kier alpha value is -1.44. The van der Waals surface area contributed by atoms with Gasteiger partial charge in [-0.1, -0.05) is 6.07 Å². The number of benzene rings is 1. The third-order valence-corrected chi connectivity index (χ3v) is 3.52. The van der Waals surface area contributed by atoms with E-state index in [9.17, 15) is 9.59 Å². The summed E-state index contributed by atoms with van der Waals surface area (Å²) in [7, 11) is 0.